The van der Waals surface area contributed by atoms with Crippen molar-refractivity contribution in [2.45, 2.75) is 81.1 Å². The average molecular weight is 400 g/mol. The van der Waals surface area contributed by atoms with E-state index in [4.69, 9.17) is 0 Å². The van der Waals surface area contributed by atoms with Gasteiger partial charge in [0.2, 0.25) is 12.3 Å². The van der Waals surface area contributed by atoms with Crippen LogP contribution in [0.1, 0.15) is 74.5 Å². The smallest absolute Gasteiger partial charge is 0.320 e. The number of rotatable bonds is 5. The van der Waals surface area contributed by atoms with Crippen LogP contribution in [0.3, 0.4) is 0 Å². The number of amides is 2. The number of aromatic nitrogens is 2. The van der Waals surface area contributed by atoms with Gasteiger partial charge in [0.15, 0.2) is 0 Å². The Labute approximate surface area is 160 Å². The van der Waals surface area contributed by atoms with Crippen LogP contribution < -0.4 is 10.6 Å². The molecule has 1 heterocycles. The Morgan fingerprint density at radius 3 is 2.32 bits per heavy atom. The number of halogens is 4. The highest BCUT2D eigenvalue weighted by atomic mass is 19.3. The second kappa shape index (κ2) is 5.63. The van der Waals surface area contributed by atoms with E-state index in [0.717, 1.165) is 24.8 Å². The lowest BCUT2D eigenvalue weighted by Gasteiger charge is -2.69. The number of carbonyl (C=O) groups excluding carboxylic acids is 1. The molecule has 28 heavy (non-hydrogen) atoms. The van der Waals surface area contributed by atoms with Crippen LogP contribution in [0.2, 0.25) is 0 Å². The molecule has 9 heteroatoms. The second-order valence-corrected chi connectivity index (χ2v) is 9.41. The Hall–Kier alpha value is -1.80. The van der Waals surface area contributed by atoms with Crippen LogP contribution in [0.25, 0.3) is 0 Å². The highest BCUT2D eigenvalue weighted by Gasteiger charge is 2.72. The summed E-state index contributed by atoms with van der Waals surface area (Å²) >= 11 is 0. The third-order valence-corrected chi connectivity index (χ3v) is 7.25. The lowest BCUT2D eigenvalue weighted by Crippen LogP contribution is -2.77. The van der Waals surface area contributed by atoms with Gasteiger partial charge in [-0.05, 0) is 38.0 Å². The SMILES string of the molecule is Cn1nc(C2CC(F)(F)C2)c(C2CCC2)c1NC(=O)NC12CC(C(F)F)(C1)C2. The average Bonchev–Trinajstić information content (AvgIpc) is 2.74. The van der Waals surface area contributed by atoms with Gasteiger partial charge in [0.05, 0.1) is 5.69 Å². The highest BCUT2D eigenvalue weighted by molar-refractivity contribution is 5.90. The van der Waals surface area contributed by atoms with E-state index in [1.165, 1.54) is 0 Å². The molecule has 6 rings (SSSR count). The van der Waals surface area contributed by atoms with Crippen LogP contribution in [0.4, 0.5) is 28.2 Å². The Morgan fingerprint density at radius 1 is 1.18 bits per heavy atom. The molecular formula is C19H24F4N4O. The monoisotopic (exact) mass is 400 g/mol. The van der Waals surface area contributed by atoms with Crippen LogP contribution in [0.15, 0.2) is 0 Å². The number of nitrogens with one attached hydrogen (secondary N) is 2. The van der Waals surface area contributed by atoms with Crippen molar-refractivity contribution in [1.82, 2.24) is 15.1 Å². The number of alkyl halides is 4. The summed E-state index contributed by atoms with van der Waals surface area (Å²) in [6, 6.07) is -0.434. The Bertz CT molecular complexity index is 804. The molecule has 5 fully saturated rings. The largest absolute Gasteiger partial charge is 0.332 e. The van der Waals surface area contributed by atoms with Crippen molar-refractivity contribution < 1.29 is 22.4 Å². The van der Waals surface area contributed by atoms with Crippen LogP contribution >= 0.6 is 0 Å². The maximum absolute atomic E-state index is 13.4. The Morgan fingerprint density at radius 2 is 1.82 bits per heavy atom. The van der Waals surface area contributed by atoms with Crippen molar-refractivity contribution in [3.05, 3.63) is 11.3 Å². The van der Waals surface area contributed by atoms with Gasteiger partial charge in [-0.15, -0.1) is 0 Å². The first-order valence-electron chi connectivity index (χ1n) is 9.94. The molecule has 0 aromatic carbocycles. The standard InChI is InChI=1S/C19H24F4N4O/c1-27-14(24-16(28)25-18-7-17(8-18,9-18)15(20)21)12(10-3-2-4-10)13(26-27)11-5-19(22,23)6-11/h10-11,15H,2-9H2,1H3,(H2,24,25,28). The minimum atomic E-state index is -2.63. The topological polar surface area (TPSA) is 59.0 Å². The van der Waals surface area contributed by atoms with Gasteiger partial charge in [0.25, 0.3) is 0 Å². The summed E-state index contributed by atoms with van der Waals surface area (Å²) in [7, 11) is 1.70. The molecule has 5 aliphatic rings. The minimum absolute atomic E-state index is 0.200. The molecule has 0 aliphatic heterocycles. The minimum Gasteiger partial charge on any atom is -0.332 e. The summed E-state index contributed by atoms with van der Waals surface area (Å²) in [6.45, 7) is 0. The molecule has 0 unspecified atom stereocenters. The van der Waals surface area contributed by atoms with E-state index in [2.05, 4.69) is 15.7 Å². The quantitative estimate of drug-likeness (QED) is 0.715. The van der Waals surface area contributed by atoms with Gasteiger partial charge in [-0.25, -0.2) is 22.4 Å². The number of hydrogen-bond acceptors (Lipinski definition) is 2. The van der Waals surface area contributed by atoms with Gasteiger partial charge in [0.1, 0.15) is 5.82 Å². The maximum Gasteiger partial charge on any atom is 0.320 e. The molecule has 1 aromatic heterocycles. The molecular weight excluding hydrogens is 376 g/mol. The van der Waals surface area contributed by atoms with E-state index < -0.39 is 29.3 Å². The molecule has 5 aliphatic carbocycles. The van der Waals surface area contributed by atoms with Gasteiger partial charge in [0, 0.05) is 42.3 Å². The van der Waals surface area contributed by atoms with Crippen LogP contribution in [-0.2, 0) is 7.05 Å². The fourth-order valence-corrected chi connectivity index (χ4v) is 5.57. The summed E-state index contributed by atoms with van der Waals surface area (Å²) in [6.07, 6.45) is 1.19. The van der Waals surface area contributed by atoms with Gasteiger partial charge >= 0.3 is 6.03 Å². The molecule has 2 bridgehead atoms. The lowest BCUT2D eigenvalue weighted by molar-refractivity contribution is -0.223. The molecule has 0 spiro atoms. The van der Waals surface area contributed by atoms with Gasteiger partial charge in [-0.1, -0.05) is 6.42 Å². The van der Waals surface area contributed by atoms with Gasteiger partial charge in [-0.2, -0.15) is 5.10 Å². The summed E-state index contributed by atoms with van der Waals surface area (Å²) < 4.78 is 54.3. The Kier molecular flexibility index (Phi) is 3.67. The van der Waals surface area contributed by atoms with Crippen molar-refractivity contribution in [3.63, 3.8) is 0 Å². The molecule has 154 valence electrons. The van der Waals surface area contributed by atoms with E-state index in [1.54, 1.807) is 11.7 Å². The van der Waals surface area contributed by atoms with Gasteiger partial charge < -0.3 is 5.32 Å². The molecule has 1 aromatic rings. The van der Waals surface area contributed by atoms with Crippen LogP contribution in [0, 0.1) is 5.41 Å². The maximum atomic E-state index is 13.4. The summed E-state index contributed by atoms with van der Waals surface area (Å²) in [4.78, 5) is 12.5. The van der Waals surface area contributed by atoms with Crippen molar-refractivity contribution in [2.24, 2.45) is 12.5 Å². The van der Waals surface area contributed by atoms with Gasteiger partial charge in [-0.3, -0.25) is 10.00 Å². The first kappa shape index (κ1) is 18.2. The first-order chi connectivity index (χ1) is 13.1. The fraction of sp³-hybridized carbons (Fsp3) is 0.789. The predicted molar refractivity (Wildman–Crippen MR) is 93.9 cm³/mol. The molecule has 5 nitrogen and oxygen atoms in total. The van der Waals surface area contributed by atoms with E-state index in [0.29, 0.717) is 30.8 Å². The van der Waals surface area contributed by atoms with Crippen molar-refractivity contribution >= 4 is 11.8 Å². The van der Waals surface area contributed by atoms with Crippen molar-refractivity contribution in [3.8, 4) is 0 Å². The number of carbonyl (C=O) groups is 1. The van der Waals surface area contributed by atoms with Crippen molar-refractivity contribution in [2.75, 3.05) is 5.32 Å². The van der Waals surface area contributed by atoms with Crippen molar-refractivity contribution in [1.29, 1.82) is 0 Å². The summed E-state index contributed by atoms with van der Waals surface area (Å²) in [5.74, 6) is -2.14. The van der Waals surface area contributed by atoms with E-state index in [-0.39, 0.29) is 24.7 Å². The highest BCUT2D eigenvalue weighted by Crippen LogP contribution is 2.69. The number of nitrogens with zero attached hydrogens (tertiary/aromatic N) is 2. The van der Waals surface area contributed by atoms with E-state index >= 15 is 0 Å². The summed E-state index contributed by atoms with van der Waals surface area (Å²) in [5.41, 5.74) is 0.135. The molecule has 0 atom stereocenters. The van der Waals surface area contributed by atoms with E-state index in [1.807, 2.05) is 0 Å². The molecule has 0 saturated heterocycles. The van der Waals surface area contributed by atoms with Crippen LogP contribution in [0.5, 0.6) is 0 Å². The second-order valence-electron chi connectivity index (χ2n) is 9.41. The third kappa shape index (κ3) is 2.57. The zero-order valence-corrected chi connectivity index (χ0v) is 15.7. The third-order valence-electron chi connectivity index (χ3n) is 7.25. The predicted octanol–water partition coefficient (Wildman–Crippen LogP) is 4.51. The zero-order valence-electron chi connectivity index (χ0n) is 15.7. The normalized spacial score (nSPS) is 33.5. The summed E-state index contributed by atoms with van der Waals surface area (Å²) in [5, 5.41) is 10.2. The number of anilines is 1. The number of aryl methyl sites for hydroxylation is 1. The number of urea groups is 1. The molecule has 2 amide bonds. The lowest BCUT2D eigenvalue weighted by atomic mass is 9.39. The molecule has 5 saturated carbocycles. The molecule has 2 N–H and O–H groups in total. The van der Waals surface area contributed by atoms with Crippen LogP contribution in [-0.4, -0.2) is 33.7 Å². The number of hydrogen-bond donors (Lipinski definition) is 2. The molecule has 0 radical (unpaired) electrons. The Balaban J connectivity index is 1.31. The first-order valence-corrected chi connectivity index (χ1v) is 9.94. The fourth-order valence-electron chi connectivity index (χ4n) is 5.57. The zero-order chi connectivity index (χ0) is 19.9. The van der Waals surface area contributed by atoms with E-state index in [9.17, 15) is 22.4 Å².